The molecule has 0 bridgehead atoms. The van der Waals surface area contributed by atoms with E-state index in [1.807, 2.05) is 0 Å². The number of phosphoric acid groups is 2. The fraction of sp³-hybridized carbons (Fsp3) is 0.667. The van der Waals surface area contributed by atoms with Gasteiger partial charge in [0.1, 0.15) is 0 Å². The average Bonchev–Trinajstić information content (AvgIpc) is 2.73. The first-order valence-corrected chi connectivity index (χ1v) is 19.4. The molecule has 0 aromatic carbocycles. The van der Waals surface area contributed by atoms with Crippen LogP contribution in [0.5, 0.6) is 0 Å². The van der Waals surface area contributed by atoms with Gasteiger partial charge in [0.15, 0.2) is 0 Å². The van der Waals surface area contributed by atoms with Crippen LogP contribution in [0, 0.1) is 0 Å². The summed E-state index contributed by atoms with van der Waals surface area (Å²) < 4.78 is 59.2. The van der Waals surface area contributed by atoms with Gasteiger partial charge < -0.3 is 77.3 Å². The number of rotatable bonds is 17. The van der Waals surface area contributed by atoms with Crippen molar-refractivity contribution in [2.24, 2.45) is 0 Å². The minimum atomic E-state index is -5.63. The second-order valence-electron chi connectivity index (χ2n) is 8.24. The molecule has 18 nitrogen and oxygen atoms in total. The molecule has 0 radical (unpaired) electrons. The van der Waals surface area contributed by atoms with Crippen molar-refractivity contribution in [3.63, 3.8) is 0 Å². The second kappa shape index (κ2) is 43.9. The third kappa shape index (κ3) is 70.7. The van der Waals surface area contributed by atoms with E-state index in [4.69, 9.17) is 10.2 Å². The van der Waals surface area contributed by atoms with Crippen molar-refractivity contribution >= 4 is 38.2 Å². The average molecular weight is 876 g/mol. The molecule has 3 atom stereocenters. The van der Waals surface area contributed by atoms with Gasteiger partial charge in [-0.3, -0.25) is 8.88 Å². The third-order valence-electron chi connectivity index (χ3n) is 3.97. The standard InChI is InChI=1S/C7H16O6P2.C6H13O4P.C5H12O8P2.8Na/c1-6(2)7(8)3-4-14(9,10)5-15(11,12)13;1-6(5-7)3-2-4-11(8,9)10;1-5(4-6)2-3-12-15(10,11)13-14(7,8)9;;;;;;;;/h7-8H,1,3-5H2,2H3,(H,9,10)(H2,11,12,13);3,7H,2,4-5H2,1H3,(H2,8,9,10);6H,1-4H2,(H,10,11)(H2,7,8,9);;;;;;;;/q;;;8*+1/p-8. The number of hydrogen-bond acceptors (Lipinski definition) is 18. The normalized spacial score (nSPS) is 13.5. The summed E-state index contributed by atoms with van der Waals surface area (Å²) >= 11 is 0. The molecule has 246 valence electrons. The molecule has 0 fully saturated rings. The molecule has 49 heavy (non-hydrogen) atoms. The molecule has 31 heteroatoms. The zero-order valence-electron chi connectivity index (χ0n) is 30.1. The van der Waals surface area contributed by atoms with Crippen molar-refractivity contribution in [3.05, 3.63) is 36.0 Å². The third-order valence-corrected chi connectivity index (χ3v) is 10.9. The van der Waals surface area contributed by atoms with Gasteiger partial charge in [0, 0.05) is 13.3 Å². The summed E-state index contributed by atoms with van der Waals surface area (Å²) in [4.78, 5) is 82.3. The molecule has 0 aliphatic carbocycles. The zero-order valence-corrected chi connectivity index (χ0v) is 50.6. The summed E-state index contributed by atoms with van der Waals surface area (Å²) in [6.45, 7) is 9.02. The first-order valence-electron chi connectivity index (χ1n) is 11.0. The molecule has 0 amide bonds. The van der Waals surface area contributed by atoms with Crippen molar-refractivity contribution in [3.8, 4) is 0 Å². The van der Waals surface area contributed by atoms with Crippen molar-refractivity contribution in [1.82, 2.24) is 0 Å². The Hall–Kier alpha value is 7.85. The van der Waals surface area contributed by atoms with Crippen molar-refractivity contribution in [2.75, 3.05) is 38.0 Å². The maximum Gasteiger partial charge on any atom is 1.00 e. The molecular weight excluding hydrogens is 843 g/mol. The number of phosphoric ester groups is 1. The van der Waals surface area contributed by atoms with Crippen molar-refractivity contribution in [1.29, 1.82) is 0 Å². The van der Waals surface area contributed by atoms with Gasteiger partial charge in [-0.25, -0.2) is 0 Å². The topological polar surface area (TPSA) is 349 Å². The van der Waals surface area contributed by atoms with Crippen LogP contribution in [0.1, 0.15) is 33.1 Å². The van der Waals surface area contributed by atoms with Crippen LogP contribution in [-0.4, -0.2) is 59.5 Å². The van der Waals surface area contributed by atoms with Gasteiger partial charge >= 0.3 is 236 Å². The second-order valence-corrected chi connectivity index (χ2v) is 17.0. The molecule has 0 rings (SSSR count). The summed E-state index contributed by atoms with van der Waals surface area (Å²) in [5, 5.41) is 26.1. The van der Waals surface area contributed by atoms with Crippen molar-refractivity contribution in [2.45, 2.75) is 39.2 Å². The van der Waals surface area contributed by atoms with Crippen LogP contribution in [0.15, 0.2) is 36.0 Å². The number of aliphatic hydroxyl groups is 3. The Morgan fingerprint density at radius 3 is 1.47 bits per heavy atom. The molecule has 0 aromatic heterocycles. The molecule has 0 aliphatic heterocycles. The Labute approximate surface area is 465 Å². The van der Waals surface area contributed by atoms with Gasteiger partial charge in [-0.15, -0.1) is 0 Å². The van der Waals surface area contributed by atoms with Crippen LogP contribution in [-0.2, 0) is 31.7 Å². The van der Waals surface area contributed by atoms with E-state index in [9.17, 15) is 67.1 Å². The minimum Gasteiger partial charge on any atom is -0.811 e. The maximum absolute atomic E-state index is 11.1. The fourth-order valence-corrected chi connectivity index (χ4v) is 7.20. The van der Waals surface area contributed by atoms with Crippen LogP contribution in [0.2, 0.25) is 0 Å². The van der Waals surface area contributed by atoms with Gasteiger partial charge in [0.25, 0.3) is 7.82 Å². The van der Waals surface area contributed by atoms with Crippen LogP contribution in [0.25, 0.3) is 0 Å². The SMILES string of the molecule is C=C(C)C(O)CCP(=O)([O-])CP(=O)([O-])[O-].C=C(CO)CCOP(=O)([O-])OP(=O)([O-])[O-].CC(=CCCP(=O)([O-])[O-])CO.[Na+].[Na+].[Na+].[Na+].[Na+].[Na+].[Na+].[Na+]. The van der Waals surface area contributed by atoms with E-state index >= 15 is 0 Å². The quantitative estimate of drug-likeness (QED) is 0.0694. The van der Waals surface area contributed by atoms with Crippen LogP contribution in [0.4, 0.5) is 0 Å². The van der Waals surface area contributed by atoms with Gasteiger partial charge in [-0.2, -0.15) is 0 Å². The Balaban J connectivity index is -0.0000000459. The first kappa shape index (κ1) is 84.4. The van der Waals surface area contributed by atoms with Crippen LogP contribution < -0.4 is 276 Å². The Morgan fingerprint density at radius 1 is 0.735 bits per heavy atom. The molecular formula is C18H33Na8O18P5. The number of aliphatic hydroxyl groups excluding tert-OH is 3. The van der Waals surface area contributed by atoms with Gasteiger partial charge in [-0.1, -0.05) is 45.6 Å². The maximum atomic E-state index is 11.1. The Morgan fingerprint density at radius 2 is 1.16 bits per heavy atom. The van der Waals surface area contributed by atoms with Gasteiger partial charge in [-0.05, 0) is 51.0 Å². The largest absolute Gasteiger partial charge is 1.00 e. The number of allylic oxidation sites excluding steroid dienone is 1. The predicted molar refractivity (Wildman–Crippen MR) is 131 cm³/mol. The Bertz CT molecular complexity index is 1100. The van der Waals surface area contributed by atoms with Crippen molar-refractivity contribution < 1.29 is 323 Å². The summed E-state index contributed by atoms with van der Waals surface area (Å²) in [5.41, 5.74) is 1.36. The molecule has 0 aromatic rings. The van der Waals surface area contributed by atoms with E-state index < -0.39 is 63.0 Å². The molecule has 0 aliphatic rings. The first-order chi connectivity index (χ1) is 18.2. The summed E-state index contributed by atoms with van der Waals surface area (Å²) in [6, 6.07) is 0. The molecule has 0 spiro atoms. The van der Waals surface area contributed by atoms with E-state index in [1.165, 1.54) is 6.92 Å². The predicted octanol–water partition coefficient (Wildman–Crippen LogP) is -27.7. The zero-order chi connectivity index (χ0) is 33.3. The van der Waals surface area contributed by atoms with Gasteiger partial charge in [0.2, 0.25) is 0 Å². The molecule has 0 saturated carbocycles. The smallest absolute Gasteiger partial charge is 0.811 e. The van der Waals surface area contributed by atoms with Crippen LogP contribution in [0.3, 0.4) is 0 Å². The summed E-state index contributed by atoms with van der Waals surface area (Å²) in [7, 11) is -24.4. The van der Waals surface area contributed by atoms with Gasteiger partial charge in [0.05, 0.1) is 33.7 Å². The van der Waals surface area contributed by atoms with E-state index in [0.717, 1.165) is 0 Å². The summed E-state index contributed by atoms with van der Waals surface area (Å²) in [5.74, 6) is -1.37. The fourth-order valence-electron chi connectivity index (χ4n) is 1.96. The molecule has 0 saturated heterocycles. The van der Waals surface area contributed by atoms with E-state index in [-0.39, 0.29) is 275 Å². The van der Waals surface area contributed by atoms with E-state index in [2.05, 4.69) is 22.0 Å². The van der Waals surface area contributed by atoms with Crippen LogP contribution >= 0.6 is 38.2 Å². The summed E-state index contributed by atoms with van der Waals surface area (Å²) in [6.07, 6.45) is -0.298. The van der Waals surface area contributed by atoms with E-state index in [0.29, 0.717) is 16.7 Å². The molecule has 3 unspecified atom stereocenters. The molecule has 3 N–H and O–H groups in total. The van der Waals surface area contributed by atoms with E-state index in [1.54, 1.807) is 13.0 Å². The minimum absolute atomic E-state index is 0. The molecule has 0 heterocycles. The monoisotopic (exact) mass is 876 g/mol. The number of hydrogen-bond donors (Lipinski definition) is 3. The Kier molecular flexibility index (Phi) is 75.6.